The van der Waals surface area contributed by atoms with Gasteiger partial charge in [-0.1, -0.05) is 6.07 Å². The number of nitrogens with one attached hydrogen (secondary N) is 1. The predicted molar refractivity (Wildman–Crippen MR) is 66.8 cm³/mol. The molecule has 0 aliphatic heterocycles. The third-order valence-electron chi connectivity index (χ3n) is 2.96. The van der Waals surface area contributed by atoms with E-state index < -0.39 is 10.0 Å². The van der Waals surface area contributed by atoms with Gasteiger partial charge in [0.05, 0.1) is 13.7 Å². The van der Waals surface area contributed by atoms with Gasteiger partial charge in [-0.05, 0) is 36.5 Å². The molecule has 100 valence electrons. The number of hydrogen-bond donors (Lipinski definition) is 2. The first-order valence-electron chi connectivity index (χ1n) is 5.84. The minimum absolute atomic E-state index is 0.114. The SMILES string of the molecule is COc1cc(CO)ccc1S(=O)(=O)NCC1CC1. The maximum Gasteiger partial charge on any atom is 0.244 e. The molecule has 2 N–H and O–H groups in total. The molecule has 0 aromatic heterocycles. The molecule has 5 nitrogen and oxygen atoms in total. The van der Waals surface area contributed by atoms with Gasteiger partial charge in [0.15, 0.2) is 0 Å². The van der Waals surface area contributed by atoms with Gasteiger partial charge in [-0.25, -0.2) is 13.1 Å². The summed E-state index contributed by atoms with van der Waals surface area (Å²) in [5, 5.41) is 9.02. The maximum absolute atomic E-state index is 12.1. The van der Waals surface area contributed by atoms with Crippen molar-refractivity contribution in [3.05, 3.63) is 23.8 Å². The summed E-state index contributed by atoms with van der Waals surface area (Å²) in [5.74, 6) is 0.729. The van der Waals surface area contributed by atoms with E-state index >= 15 is 0 Å². The number of benzene rings is 1. The molecule has 0 bridgehead atoms. The lowest BCUT2D eigenvalue weighted by atomic mass is 10.2. The highest BCUT2D eigenvalue weighted by molar-refractivity contribution is 7.89. The summed E-state index contributed by atoms with van der Waals surface area (Å²) < 4.78 is 31.8. The molecule has 6 heteroatoms. The highest BCUT2D eigenvalue weighted by atomic mass is 32.2. The first-order chi connectivity index (χ1) is 8.56. The van der Waals surface area contributed by atoms with Crippen molar-refractivity contribution < 1.29 is 18.3 Å². The molecule has 1 fully saturated rings. The van der Waals surface area contributed by atoms with E-state index in [2.05, 4.69) is 4.72 Å². The fraction of sp³-hybridized carbons (Fsp3) is 0.500. The molecule has 0 radical (unpaired) electrons. The number of hydrogen-bond acceptors (Lipinski definition) is 4. The molecule has 18 heavy (non-hydrogen) atoms. The van der Waals surface area contributed by atoms with E-state index in [0.717, 1.165) is 12.8 Å². The summed E-state index contributed by atoms with van der Waals surface area (Å²) in [4.78, 5) is 0.114. The van der Waals surface area contributed by atoms with E-state index in [0.29, 0.717) is 18.0 Å². The predicted octanol–water partition coefficient (Wildman–Crippen LogP) is 0.876. The van der Waals surface area contributed by atoms with E-state index in [1.807, 2.05) is 0 Å². The third kappa shape index (κ3) is 3.01. The standard InChI is InChI=1S/C12H17NO4S/c1-17-11-6-10(8-14)4-5-12(11)18(15,16)13-7-9-2-3-9/h4-6,9,13-14H,2-3,7-8H2,1H3. The van der Waals surface area contributed by atoms with Crippen LogP contribution in [0.3, 0.4) is 0 Å². The molecule has 1 saturated carbocycles. The average molecular weight is 271 g/mol. The van der Waals surface area contributed by atoms with Gasteiger partial charge in [-0.15, -0.1) is 0 Å². The summed E-state index contributed by atoms with van der Waals surface area (Å²) in [7, 11) is -2.13. The summed E-state index contributed by atoms with van der Waals surface area (Å²) in [6.45, 7) is 0.333. The topological polar surface area (TPSA) is 75.6 Å². The Morgan fingerprint density at radius 3 is 2.72 bits per heavy atom. The summed E-state index contributed by atoms with van der Waals surface area (Å²) >= 11 is 0. The normalized spacial score (nSPS) is 15.7. The zero-order chi connectivity index (χ0) is 13.2. The van der Waals surface area contributed by atoms with Crippen LogP contribution in [-0.2, 0) is 16.6 Å². The minimum Gasteiger partial charge on any atom is -0.495 e. The molecule has 1 aliphatic carbocycles. The molecule has 2 rings (SSSR count). The highest BCUT2D eigenvalue weighted by Gasteiger charge is 2.25. The van der Waals surface area contributed by atoms with Crippen molar-refractivity contribution in [3.8, 4) is 5.75 Å². The monoisotopic (exact) mass is 271 g/mol. The van der Waals surface area contributed by atoms with Crippen LogP contribution in [-0.4, -0.2) is 27.2 Å². The minimum atomic E-state index is -3.54. The maximum atomic E-state index is 12.1. The van der Waals surface area contributed by atoms with Gasteiger partial charge in [-0.2, -0.15) is 0 Å². The van der Waals surface area contributed by atoms with Crippen molar-refractivity contribution in [1.82, 2.24) is 4.72 Å². The summed E-state index contributed by atoms with van der Waals surface area (Å²) in [5.41, 5.74) is 0.619. The van der Waals surface area contributed by atoms with E-state index in [9.17, 15) is 8.42 Å². The molecule has 0 unspecified atom stereocenters. The molecule has 0 amide bonds. The van der Waals surface area contributed by atoms with E-state index in [4.69, 9.17) is 9.84 Å². The Morgan fingerprint density at radius 1 is 1.44 bits per heavy atom. The molecule has 0 heterocycles. The van der Waals surface area contributed by atoms with Gasteiger partial charge in [0.1, 0.15) is 10.6 Å². The second kappa shape index (κ2) is 5.26. The summed E-state index contributed by atoms with van der Waals surface area (Å²) in [6.07, 6.45) is 2.17. The van der Waals surface area contributed by atoms with Crippen molar-refractivity contribution >= 4 is 10.0 Å². The van der Waals surface area contributed by atoms with E-state index in [1.54, 1.807) is 6.07 Å². The number of ether oxygens (including phenoxy) is 1. The first kappa shape index (κ1) is 13.3. The van der Waals surface area contributed by atoms with Gasteiger partial charge in [0.25, 0.3) is 0 Å². The molecule has 1 aromatic rings. The van der Waals surface area contributed by atoms with Crippen LogP contribution in [0.5, 0.6) is 5.75 Å². The largest absolute Gasteiger partial charge is 0.495 e. The zero-order valence-electron chi connectivity index (χ0n) is 10.2. The van der Waals surface area contributed by atoms with Crippen LogP contribution >= 0.6 is 0 Å². The Morgan fingerprint density at radius 2 is 2.17 bits per heavy atom. The van der Waals surface area contributed by atoms with Crippen LogP contribution in [0.2, 0.25) is 0 Å². The van der Waals surface area contributed by atoms with Crippen LogP contribution in [0.4, 0.5) is 0 Å². The summed E-state index contributed by atoms with van der Waals surface area (Å²) in [6, 6.07) is 4.57. The van der Waals surface area contributed by atoms with Gasteiger partial charge in [0.2, 0.25) is 10.0 Å². The van der Waals surface area contributed by atoms with Crippen LogP contribution in [0.1, 0.15) is 18.4 Å². The Bertz CT molecular complexity index is 523. The van der Waals surface area contributed by atoms with Crippen molar-refractivity contribution in [2.45, 2.75) is 24.3 Å². The van der Waals surface area contributed by atoms with Crippen molar-refractivity contribution in [3.63, 3.8) is 0 Å². The number of aliphatic hydroxyl groups is 1. The first-order valence-corrected chi connectivity index (χ1v) is 7.32. The second-order valence-electron chi connectivity index (χ2n) is 4.44. The lowest BCUT2D eigenvalue weighted by Crippen LogP contribution is -2.26. The molecule has 0 spiro atoms. The van der Waals surface area contributed by atoms with Crippen LogP contribution in [0.25, 0.3) is 0 Å². The Balaban J connectivity index is 2.24. The Labute approximate surface area is 107 Å². The van der Waals surface area contributed by atoms with Crippen molar-refractivity contribution in [2.75, 3.05) is 13.7 Å². The second-order valence-corrected chi connectivity index (χ2v) is 6.17. The molecule has 0 saturated heterocycles. The number of methoxy groups -OCH3 is 1. The lowest BCUT2D eigenvalue weighted by Gasteiger charge is -2.11. The highest BCUT2D eigenvalue weighted by Crippen LogP contribution is 2.29. The average Bonchev–Trinajstić information content (AvgIpc) is 3.19. The molecule has 1 aromatic carbocycles. The van der Waals surface area contributed by atoms with Gasteiger partial charge in [-0.3, -0.25) is 0 Å². The third-order valence-corrected chi connectivity index (χ3v) is 4.42. The van der Waals surface area contributed by atoms with Crippen molar-refractivity contribution in [1.29, 1.82) is 0 Å². The van der Waals surface area contributed by atoms with E-state index in [1.165, 1.54) is 19.2 Å². The molecule has 1 aliphatic rings. The quantitative estimate of drug-likeness (QED) is 0.805. The smallest absolute Gasteiger partial charge is 0.244 e. The lowest BCUT2D eigenvalue weighted by molar-refractivity contribution is 0.280. The van der Waals surface area contributed by atoms with E-state index in [-0.39, 0.29) is 17.3 Å². The molecular weight excluding hydrogens is 254 g/mol. The number of rotatable bonds is 6. The molecular formula is C12H17NO4S. The number of aliphatic hydroxyl groups excluding tert-OH is 1. The van der Waals surface area contributed by atoms with Crippen LogP contribution in [0.15, 0.2) is 23.1 Å². The van der Waals surface area contributed by atoms with Gasteiger partial charge >= 0.3 is 0 Å². The van der Waals surface area contributed by atoms with Gasteiger partial charge < -0.3 is 9.84 Å². The molecule has 0 atom stereocenters. The fourth-order valence-electron chi connectivity index (χ4n) is 1.66. The number of sulfonamides is 1. The van der Waals surface area contributed by atoms with Crippen LogP contribution in [0, 0.1) is 5.92 Å². The fourth-order valence-corrected chi connectivity index (χ4v) is 2.92. The Hall–Kier alpha value is -1.11. The Kier molecular flexibility index (Phi) is 3.89. The van der Waals surface area contributed by atoms with Crippen molar-refractivity contribution in [2.24, 2.45) is 5.92 Å². The zero-order valence-corrected chi connectivity index (χ0v) is 11.0. The van der Waals surface area contributed by atoms with Gasteiger partial charge in [0, 0.05) is 6.54 Å². The van der Waals surface area contributed by atoms with Crippen LogP contribution < -0.4 is 9.46 Å².